The van der Waals surface area contributed by atoms with Gasteiger partial charge in [-0.3, -0.25) is 9.69 Å². The number of nitrogens with zero attached hydrogens (tertiary/aromatic N) is 3. The highest BCUT2D eigenvalue weighted by Gasteiger charge is 2.29. The third kappa shape index (κ3) is 3.75. The summed E-state index contributed by atoms with van der Waals surface area (Å²) in [5, 5.41) is 9.80. The molecule has 7 nitrogen and oxygen atoms in total. The maximum Gasteiger partial charge on any atom is 0.243 e. The van der Waals surface area contributed by atoms with Crippen molar-refractivity contribution in [3.8, 4) is 6.07 Å². The van der Waals surface area contributed by atoms with Crippen molar-refractivity contribution in [1.82, 2.24) is 14.2 Å². The predicted octanol–water partition coefficient (Wildman–Crippen LogP) is 2.54. The molecule has 1 fully saturated rings. The second-order valence-corrected chi connectivity index (χ2v) is 9.35. The molecule has 0 unspecified atom stereocenters. The molecule has 0 saturated carbocycles. The lowest BCUT2D eigenvalue weighted by Gasteiger charge is -2.33. The first-order chi connectivity index (χ1) is 14.4. The van der Waals surface area contributed by atoms with E-state index < -0.39 is 10.0 Å². The summed E-state index contributed by atoms with van der Waals surface area (Å²) in [7, 11) is -3.61. The van der Waals surface area contributed by atoms with E-state index in [1.54, 1.807) is 0 Å². The Morgan fingerprint density at radius 2 is 1.73 bits per heavy atom. The number of piperazine rings is 1. The van der Waals surface area contributed by atoms with Crippen molar-refractivity contribution in [2.24, 2.45) is 0 Å². The molecule has 1 N–H and O–H groups in total. The van der Waals surface area contributed by atoms with Crippen LogP contribution in [0.3, 0.4) is 0 Å². The van der Waals surface area contributed by atoms with Crippen LogP contribution in [0.1, 0.15) is 21.6 Å². The van der Waals surface area contributed by atoms with Gasteiger partial charge in [-0.1, -0.05) is 18.2 Å². The van der Waals surface area contributed by atoms with Crippen LogP contribution in [0.15, 0.2) is 53.4 Å². The van der Waals surface area contributed by atoms with Crippen molar-refractivity contribution >= 4 is 26.7 Å². The summed E-state index contributed by atoms with van der Waals surface area (Å²) in [5.41, 5.74) is 2.92. The highest BCUT2D eigenvalue weighted by atomic mass is 32.2. The summed E-state index contributed by atoms with van der Waals surface area (Å²) in [6, 6.07) is 15.7. The average Bonchev–Trinajstić information content (AvgIpc) is 3.10. The van der Waals surface area contributed by atoms with Gasteiger partial charge in [0.2, 0.25) is 10.0 Å². The lowest BCUT2D eigenvalue weighted by Crippen LogP contribution is -2.49. The van der Waals surface area contributed by atoms with Crippen LogP contribution < -0.4 is 0 Å². The van der Waals surface area contributed by atoms with Gasteiger partial charge in [-0.25, -0.2) is 8.42 Å². The van der Waals surface area contributed by atoms with Gasteiger partial charge in [0.25, 0.3) is 0 Å². The molecule has 4 rings (SSSR count). The molecule has 0 bridgehead atoms. The monoisotopic (exact) mass is 422 g/mol. The van der Waals surface area contributed by atoms with Gasteiger partial charge < -0.3 is 4.98 Å². The van der Waals surface area contributed by atoms with Crippen LogP contribution in [0.5, 0.6) is 0 Å². The summed E-state index contributed by atoms with van der Waals surface area (Å²) in [4.78, 5) is 18.4. The van der Waals surface area contributed by atoms with Crippen LogP contribution in [0, 0.1) is 18.3 Å². The van der Waals surface area contributed by atoms with Gasteiger partial charge in [0.15, 0.2) is 5.78 Å². The number of sulfonamides is 1. The number of hydrogen-bond donors (Lipinski definition) is 1. The molecule has 2 aromatic carbocycles. The fraction of sp³-hybridized carbons (Fsp3) is 0.273. The maximum atomic E-state index is 12.9. The Kier molecular flexibility index (Phi) is 5.43. The van der Waals surface area contributed by atoms with Crippen LogP contribution in [0.4, 0.5) is 0 Å². The van der Waals surface area contributed by atoms with Crippen molar-refractivity contribution in [3.63, 3.8) is 0 Å². The number of carbonyl (C=O) groups excluding carboxylic acids is 1. The Morgan fingerprint density at radius 1 is 1.07 bits per heavy atom. The van der Waals surface area contributed by atoms with E-state index in [0.29, 0.717) is 37.3 Å². The van der Waals surface area contributed by atoms with E-state index in [1.807, 2.05) is 42.2 Å². The van der Waals surface area contributed by atoms with E-state index in [9.17, 15) is 13.2 Å². The Balaban J connectivity index is 1.42. The molecule has 1 aliphatic heterocycles. The van der Waals surface area contributed by atoms with E-state index in [2.05, 4.69) is 4.98 Å². The molecule has 0 radical (unpaired) electrons. The first-order valence-corrected chi connectivity index (χ1v) is 11.2. The predicted molar refractivity (Wildman–Crippen MR) is 114 cm³/mol. The molecule has 0 spiro atoms. The number of fused-ring (bicyclic) bond motifs is 1. The molecule has 8 heteroatoms. The minimum absolute atomic E-state index is 0.0355. The van der Waals surface area contributed by atoms with E-state index in [-0.39, 0.29) is 17.2 Å². The number of nitriles is 1. The lowest BCUT2D eigenvalue weighted by molar-refractivity contribution is 0.0903. The van der Waals surface area contributed by atoms with Gasteiger partial charge >= 0.3 is 0 Å². The number of hydrogen-bond acceptors (Lipinski definition) is 5. The zero-order valence-corrected chi connectivity index (χ0v) is 17.4. The SMILES string of the molecule is Cc1[nH]c2ccccc2c1C(=O)CN1CCN(S(=O)(=O)c2ccc(C#N)cc2)CC1. The summed E-state index contributed by atoms with van der Waals surface area (Å²) < 4.78 is 27.1. The van der Waals surface area contributed by atoms with Crippen LogP contribution >= 0.6 is 0 Å². The number of Topliss-reactive ketones (excluding diaryl/α,β-unsaturated/α-hetero) is 1. The van der Waals surface area contributed by atoms with Crippen molar-refractivity contribution in [3.05, 3.63) is 65.4 Å². The van der Waals surface area contributed by atoms with Gasteiger partial charge in [0.05, 0.1) is 23.1 Å². The normalized spacial score (nSPS) is 15.9. The number of aryl methyl sites for hydroxylation is 1. The Morgan fingerprint density at radius 3 is 2.40 bits per heavy atom. The number of para-hydroxylation sites is 1. The quantitative estimate of drug-likeness (QED) is 0.638. The molecular formula is C22H22N4O3S. The third-order valence-electron chi connectivity index (χ3n) is 5.49. The molecule has 0 amide bonds. The maximum absolute atomic E-state index is 12.9. The molecule has 0 atom stereocenters. The number of carbonyl (C=O) groups is 1. The summed E-state index contributed by atoms with van der Waals surface area (Å²) >= 11 is 0. The number of aromatic amines is 1. The van der Waals surface area contributed by atoms with E-state index >= 15 is 0 Å². The number of nitrogens with one attached hydrogen (secondary N) is 1. The van der Waals surface area contributed by atoms with Crippen molar-refractivity contribution in [2.75, 3.05) is 32.7 Å². The largest absolute Gasteiger partial charge is 0.358 e. The van der Waals surface area contributed by atoms with Gasteiger partial charge in [-0.05, 0) is 37.3 Å². The van der Waals surface area contributed by atoms with Gasteiger partial charge in [-0.15, -0.1) is 0 Å². The third-order valence-corrected chi connectivity index (χ3v) is 7.40. The molecule has 1 aromatic heterocycles. The first kappa shape index (κ1) is 20.3. The Bertz CT molecular complexity index is 1230. The smallest absolute Gasteiger partial charge is 0.243 e. The molecule has 1 saturated heterocycles. The molecule has 30 heavy (non-hydrogen) atoms. The average molecular weight is 423 g/mol. The summed E-state index contributed by atoms with van der Waals surface area (Å²) in [6.07, 6.45) is 0. The minimum atomic E-state index is -3.61. The van der Waals surface area contributed by atoms with Crippen molar-refractivity contribution in [2.45, 2.75) is 11.8 Å². The highest BCUT2D eigenvalue weighted by molar-refractivity contribution is 7.89. The van der Waals surface area contributed by atoms with Gasteiger partial charge in [0, 0.05) is 48.3 Å². The molecule has 2 heterocycles. The van der Waals surface area contributed by atoms with Crippen LogP contribution in [0.2, 0.25) is 0 Å². The van der Waals surface area contributed by atoms with Crippen LogP contribution in [0.25, 0.3) is 10.9 Å². The topological polar surface area (TPSA) is 97.3 Å². The second-order valence-electron chi connectivity index (χ2n) is 7.41. The van der Waals surface area contributed by atoms with Crippen molar-refractivity contribution in [1.29, 1.82) is 5.26 Å². The molecule has 3 aromatic rings. The Labute approximate surface area is 175 Å². The van der Waals surface area contributed by atoms with E-state index in [4.69, 9.17) is 5.26 Å². The zero-order valence-electron chi connectivity index (χ0n) is 16.6. The van der Waals surface area contributed by atoms with E-state index in [0.717, 1.165) is 16.6 Å². The standard InChI is InChI=1S/C22H22N4O3S/c1-16-22(19-4-2-3-5-20(19)24-16)21(27)15-25-10-12-26(13-11-25)30(28,29)18-8-6-17(14-23)7-9-18/h2-9,24H,10-13,15H2,1H3. The number of ketones is 1. The summed E-state index contributed by atoms with van der Waals surface area (Å²) in [5.74, 6) is 0.0355. The van der Waals surface area contributed by atoms with Gasteiger partial charge in [0.1, 0.15) is 0 Å². The number of aromatic nitrogens is 1. The number of H-pyrrole nitrogens is 1. The summed E-state index contributed by atoms with van der Waals surface area (Å²) in [6.45, 7) is 3.78. The van der Waals surface area contributed by atoms with Crippen molar-refractivity contribution < 1.29 is 13.2 Å². The Hall–Kier alpha value is -2.99. The fourth-order valence-corrected chi connectivity index (χ4v) is 5.32. The van der Waals surface area contributed by atoms with E-state index in [1.165, 1.54) is 28.6 Å². The van der Waals surface area contributed by atoms with Gasteiger partial charge in [-0.2, -0.15) is 9.57 Å². The molecular weight excluding hydrogens is 400 g/mol. The molecule has 1 aliphatic rings. The second kappa shape index (κ2) is 8.03. The first-order valence-electron chi connectivity index (χ1n) is 9.73. The highest BCUT2D eigenvalue weighted by Crippen LogP contribution is 2.23. The lowest BCUT2D eigenvalue weighted by atomic mass is 10.1. The number of benzene rings is 2. The minimum Gasteiger partial charge on any atom is -0.358 e. The molecule has 154 valence electrons. The molecule has 0 aliphatic carbocycles. The fourth-order valence-electron chi connectivity index (χ4n) is 3.90. The zero-order chi connectivity index (χ0) is 21.3. The van der Waals surface area contributed by atoms with Crippen LogP contribution in [-0.4, -0.2) is 61.1 Å². The van der Waals surface area contributed by atoms with Crippen LogP contribution in [-0.2, 0) is 10.0 Å². The number of rotatable bonds is 5.